The van der Waals surface area contributed by atoms with Gasteiger partial charge in [0.15, 0.2) is 18.1 Å². The average Bonchev–Trinajstić information content (AvgIpc) is 3.02. The summed E-state index contributed by atoms with van der Waals surface area (Å²) in [5.41, 5.74) is 0.666. The summed E-state index contributed by atoms with van der Waals surface area (Å²) in [5.74, 6) is -0.577. The van der Waals surface area contributed by atoms with E-state index in [0.717, 1.165) is 0 Å². The van der Waals surface area contributed by atoms with Crippen LogP contribution in [-0.4, -0.2) is 25.3 Å². The van der Waals surface area contributed by atoms with Gasteiger partial charge in [0.25, 0.3) is 5.91 Å². The van der Waals surface area contributed by atoms with Gasteiger partial charge in [-0.05, 0) is 42.5 Å². The van der Waals surface area contributed by atoms with Crippen LogP contribution in [0.15, 0.2) is 42.5 Å². The number of fused-ring (bicyclic) bond motifs is 1. The van der Waals surface area contributed by atoms with Crippen molar-refractivity contribution in [3.63, 3.8) is 0 Å². The van der Waals surface area contributed by atoms with Crippen LogP contribution in [0.2, 0.25) is 0 Å². The fraction of sp³-hybridized carbons (Fsp3) is 0.125. The summed E-state index contributed by atoms with van der Waals surface area (Å²) in [5, 5.41) is 2.49. The largest absolute Gasteiger partial charge is 0.454 e. The number of carbonyl (C=O) groups excluding carboxylic acids is 2. The van der Waals surface area contributed by atoms with E-state index in [-0.39, 0.29) is 12.4 Å². The Balaban J connectivity index is 1.54. The highest BCUT2D eigenvalue weighted by molar-refractivity contribution is 5.95. The fourth-order valence-electron chi connectivity index (χ4n) is 1.97. The van der Waals surface area contributed by atoms with Crippen molar-refractivity contribution in [1.82, 2.24) is 0 Å². The van der Waals surface area contributed by atoms with E-state index in [4.69, 9.17) is 14.2 Å². The van der Waals surface area contributed by atoms with Gasteiger partial charge in [0.05, 0.1) is 5.56 Å². The fourth-order valence-corrected chi connectivity index (χ4v) is 1.97. The Labute approximate surface area is 130 Å². The van der Waals surface area contributed by atoms with E-state index >= 15 is 0 Å². The predicted molar refractivity (Wildman–Crippen MR) is 77.9 cm³/mol. The molecule has 0 saturated carbocycles. The van der Waals surface area contributed by atoms with E-state index in [2.05, 4.69) is 5.32 Å². The highest BCUT2D eigenvalue weighted by Crippen LogP contribution is 2.32. The number of rotatable bonds is 4. The van der Waals surface area contributed by atoms with Crippen molar-refractivity contribution in [1.29, 1.82) is 0 Å². The van der Waals surface area contributed by atoms with Crippen molar-refractivity contribution in [2.24, 2.45) is 0 Å². The number of amides is 1. The lowest BCUT2D eigenvalue weighted by molar-refractivity contribution is -0.119. The third kappa shape index (κ3) is 3.57. The zero-order valence-corrected chi connectivity index (χ0v) is 11.9. The van der Waals surface area contributed by atoms with Crippen molar-refractivity contribution < 1.29 is 28.2 Å². The number of nitrogens with one attached hydrogen (secondary N) is 1. The van der Waals surface area contributed by atoms with Gasteiger partial charge in [-0.15, -0.1) is 0 Å². The second-order valence-electron chi connectivity index (χ2n) is 4.70. The molecule has 0 fully saturated rings. The van der Waals surface area contributed by atoms with E-state index < -0.39 is 24.3 Å². The Morgan fingerprint density at radius 1 is 1.09 bits per heavy atom. The van der Waals surface area contributed by atoms with Gasteiger partial charge >= 0.3 is 5.97 Å². The molecule has 0 atom stereocenters. The van der Waals surface area contributed by atoms with Crippen molar-refractivity contribution in [2.75, 3.05) is 18.7 Å². The normalized spacial score (nSPS) is 11.9. The van der Waals surface area contributed by atoms with Gasteiger partial charge in [0.2, 0.25) is 6.79 Å². The summed E-state index contributed by atoms with van der Waals surface area (Å²) >= 11 is 0. The third-order valence-corrected chi connectivity index (χ3v) is 3.07. The number of ether oxygens (including phenoxy) is 3. The van der Waals surface area contributed by atoms with Gasteiger partial charge in [0.1, 0.15) is 5.82 Å². The highest BCUT2D eigenvalue weighted by atomic mass is 19.1. The highest BCUT2D eigenvalue weighted by Gasteiger charge is 2.17. The van der Waals surface area contributed by atoms with E-state index in [9.17, 15) is 14.0 Å². The summed E-state index contributed by atoms with van der Waals surface area (Å²) in [6.45, 7) is -0.349. The molecule has 1 aliphatic heterocycles. The van der Waals surface area contributed by atoms with Crippen LogP contribution >= 0.6 is 0 Å². The summed E-state index contributed by atoms with van der Waals surface area (Å²) < 4.78 is 28.0. The Kier molecular flexibility index (Phi) is 4.09. The molecule has 1 aliphatic rings. The Morgan fingerprint density at radius 3 is 2.61 bits per heavy atom. The van der Waals surface area contributed by atoms with Crippen molar-refractivity contribution in [2.45, 2.75) is 0 Å². The van der Waals surface area contributed by atoms with Gasteiger partial charge in [-0.1, -0.05) is 0 Å². The number of halogens is 1. The maximum atomic E-state index is 12.8. The lowest BCUT2D eigenvalue weighted by Crippen LogP contribution is -2.20. The summed E-state index contributed by atoms with van der Waals surface area (Å²) in [6.07, 6.45) is 0. The van der Waals surface area contributed by atoms with Crippen LogP contribution in [-0.2, 0) is 9.53 Å². The number of hydrogen-bond acceptors (Lipinski definition) is 5. The Hall–Kier alpha value is -3.09. The van der Waals surface area contributed by atoms with Gasteiger partial charge < -0.3 is 19.5 Å². The zero-order valence-electron chi connectivity index (χ0n) is 11.9. The molecule has 0 saturated heterocycles. The molecule has 1 heterocycles. The molecule has 2 aromatic carbocycles. The molecule has 3 rings (SSSR count). The van der Waals surface area contributed by atoms with Crippen LogP contribution in [0.5, 0.6) is 11.5 Å². The standard InChI is InChI=1S/C16H12FNO5/c17-11-2-4-12(5-3-11)18-15(19)8-21-16(20)10-1-6-13-14(7-10)23-9-22-13/h1-7H,8-9H2,(H,18,19). The van der Waals surface area contributed by atoms with Crippen LogP contribution < -0.4 is 14.8 Å². The first-order valence-corrected chi connectivity index (χ1v) is 6.74. The molecule has 6 nitrogen and oxygen atoms in total. The van der Waals surface area contributed by atoms with Crippen molar-refractivity contribution >= 4 is 17.6 Å². The van der Waals surface area contributed by atoms with Gasteiger partial charge in [-0.3, -0.25) is 4.79 Å². The Bertz CT molecular complexity index is 745. The van der Waals surface area contributed by atoms with Gasteiger partial charge in [0, 0.05) is 5.69 Å². The summed E-state index contributed by atoms with van der Waals surface area (Å²) in [7, 11) is 0. The first kappa shape index (κ1) is 14.8. The lowest BCUT2D eigenvalue weighted by Gasteiger charge is -2.07. The van der Waals surface area contributed by atoms with E-state index in [1.165, 1.54) is 36.4 Å². The smallest absolute Gasteiger partial charge is 0.338 e. The van der Waals surface area contributed by atoms with Crippen LogP contribution in [0.25, 0.3) is 0 Å². The van der Waals surface area contributed by atoms with Crippen LogP contribution in [0.1, 0.15) is 10.4 Å². The Morgan fingerprint density at radius 2 is 1.83 bits per heavy atom. The molecule has 0 aromatic heterocycles. The molecule has 2 aromatic rings. The molecule has 118 valence electrons. The minimum atomic E-state index is -0.655. The monoisotopic (exact) mass is 317 g/mol. The summed E-state index contributed by atoms with van der Waals surface area (Å²) in [4.78, 5) is 23.6. The minimum absolute atomic E-state index is 0.105. The number of carbonyl (C=O) groups is 2. The van der Waals surface area contributed by atoms with Crippen molar-refractivity contribution in [3.05, 3.63) is 53.8 Å². The molecular weight excluding hydrogens is 305 g/mol. The first-order chi connectivity index (χ1) is 11.1. The molecule has 0 aliphatic carbocycles. The lowest BCUT2D eigenvalue weighted by atomic mass is 10.2. The molecule has 7 heteroatoms. The first-order valence-electron chi connectivity index (χ1n) is 6.74. The van der Waals surface area contributed by atoms with Gasteiger partial charge in [-0.2, -0.15) is 0 Å². The molecule has 23 heavy (non-hydrogen) atoms. The third-order valence-electron chi connectivity index (χ3n) is 3.07. The maximum absolute atomic E-state index is 12.8. The molecule has 0 bridgehead atoms. The van der Waals surface area contributed by atoms with E-state index in [1.807, 2.05) is 0 Å². The van der Waals surface area contributed by atoms with E-state index in [0.29, 0.717) is 17.2 Å². The second kappa shape index (κ2) is 6.35. The molecule has 0 spiro atoms. The average molecular weight is 317 g/mol. The predicted octanol–water partition coefficient (Wildman–Crippen LogP) is 2.35. The molecule has 1 N–H and O–H groups in total. The van der Waals surface area contributed by atoms with Crippen LogP contribution in [0.4, 0.5) is 10.1 Å². The molecule has 0 radical (unpaired) electrons. The van der Waals surface area contributed by atoms with Crippen molar-refractivity contribution in [3.8, 4) is 11.5 Å². The number of anilines is 1. The summed E-state index contributed by atoms with van der Waals surface area (Å²) in [6, 6.07) is 9.86. The van der Waals surface area contributed by atoms with Crippen LogP contribution in [0, 0.1) is 5.82 Å². The number of benzene rings is 2. The topological polar surface area (TPSA) is 73.9 Å². The minimum Gasteiger partial charge on any atom is -0.454 e. The molecule has 0 unspecified atom stereocenters. The maximum Gasteiger partial charge on any atom is 0.338 e. The second-order valence-corrected chi connectivity index (χ2v) is 4.70. The van der Waals surface area contributed by atoms with E-state index in [1.54, 1.807) is 6.07 Å². The quantitative estimate of drug-likeness (QED) is 0.876. The van der Waals surface area contributed by atoms with Crippen LogP contribution in [0.3, 0.4) is 0 Å². The number of hydrogen-bond donors (Lipinski definition) is 1. The molecule has 1 amide bonds. The zero-order chi connectivity index (χ0) is 16.2. The molecular formula is C16H12FNO5. The SMILES string of the molecule is O=C(COC(=O)c1ccc2c(c1)OCO2)Nc1ccc(F)cc1. The number of esters is 1. The van der Waals surface area contributed by atoms with Gasteiger partial charge in [-0.25, -0.2) is 9.18 Å².